The van der Waals surface area contributed by atoms with E-state index in [4.69, 9.17) is 0 Å². The van der Waals surface area contributed by atoms with Crippen molar-refractivity contribution in [2.24, 2.45) is 0 Å². The molecule has 3 nitrogen and oxygen atoms in total. The van der Waals surface area contributed by atoms with Crippen molar-refractivity contribution >= 4 is 21.8 Å². The van der Waals surface area contributed by atoms with Gasteiger partial charge in [-0.15, -0.1) is 0 Å². The smallest absolute Gasteiger partial charge is 0.261 e. The summed E-state index contributed by atoms with van der Waals surface area (Å²) in [5.41, 5.74) is 4.07. The standard InChI is InChI=1S/C30H25NO2S/c1-25-18-22-29(23-19-25)34(32,33)31(24-10-15-26-11-4-2-5-12-26)30-17-9-8-16-28(30)21-20-27-13-6-3-7-14-27/h2-19,22-23H,24H2,1H3/b15-10-. The summed E-state index contributed by atoms with van der Waals surface area (Å²) in [5.74, 6) is 6.32. The molecule has 4 heteroatoms. The zero-order chi connectivity index (χ0) is 23.8. The first-order valence-electron chi connectivity index (χ1n) is 11.0. The van der Waals surface area contributed by atoms with Crippen LogP contribution in [0, 0.1) is 18.8 Å². The summed E-state index contributed by atoms with van der Waals surface area (Å²) in [7, 11) is -3.82. The molecule has 0 saturated carbocycles. The number of hydrogen-bond donors (Lipinski definition) is 0. The molecule has 168 valence electrons. The van der Waals surface area contributed by atoms with Gasteiger partial charge in [0, 0.05) is 11.1 Å². The van der Waals surface area contributed by atoms with Crippen molar-refractivity contribution in [1.82, 2.24) is 0 Å². The van der Waals surface area contributed by atoms with E-state index in [0.717, 1.165) is 16.7 Å². The van der Waals surface area contributed by atoms with Crippen LogP contribution in [0.4, 0.5) is 5.69 Å². The number of sulfonamides is 1. The molecule has 4 aromatic carbocycles. The number of hydrogen-bond acceptors (Lipinski definition) is 2. The molecule has 0 radical (unpaired) electrons. The molecular formula is C30H25NO2S. The Morgan fingerprint density at radius 3 is 2.06 bits per heavy atom. The molecule has 0 heterocycles. The predicted octanol–water partition coefficient (Wildman–Crippen LogP) is 6.30. The highest BCUT2D eigenvalue weighted by atomic mass is 32.2. The molecule has 0 unspecified atom stereocenters. The van der Waals surface area contributed by atoms with Crippen LogP contribution in [0.2, 0.25) is 0 Å². The van der Waals surface area contributed by atoms with Crippen LogP contribution >= 0.6 is 0 Å². The summed E-state index contributed by atoms with van der Waals surface area (Å²) >= 11 is 0. The van der Waals surface area contributed by atoms with Crippen LogP contribution in [0.5, 0.6) is 0 Å². The normalized spacial score (nSPS) is 11.1. The fourth-order valence-electron chi connectivity index (χ4n) is 3.47. The molecule has 0 spiro atoms. The maximum Gasteiger partial charge on any atom is 0.264 e. The van der Waals surface area contributed by atoms with Crippen LogP contribution in [-0.4, -0.2) is 15.0 Å². The lowest BCUT2D eigenvalue weighted by molar-refractivity contribution is 0.593. The van der Waals surface area contributed by atoms with Gasteiger partial charge < -0.3 is 0 Å². The zero-order valence-corrected chi connectivity index (χ0v) is 19.7. The van der Waals surface area contributed by atoms with Crippen LogP contribution in [0.3, 0.4) is 0 Å². The van der Waals surface area contributed by atoms with Crippen molar-refractivity contribution in [2.45, 2.75) is 11.8 Å². The van der Waals surface area contributed by atoms with Gasteiger partial charge in [-0.25, -0.2) is 8.42 Å². The predicted molar refractivity (Wildman–Crippen MR) is 140 cm³/mol. The first-order valence-corrected chi connectivity index (χ1v) is 12.5. The van der Waals surface area contributed by atoms with E-state index in [0.29, 0.717) is 11.3 Å². The second kappa shape index (κ2) is 10.7. The molecule has 0 fully saturated rings. The Bertz CT molecular complexity index is 1430. The summed E-state index contributed by atoms with van der Waals surface area (Å²) in [5, 5.41) is 0. The lowest BCUT2D eigenvalue weighted by Crippen LogP contribution is -2.32. The molecule has 0 N–H and O–H groups in total. The lowest BCUT2D eigenvalue weighted by Gasteiger charge is -2.24. The second-order valence-corrected chi connectivity index (χ2v) is 9.66. The SMILES string of the molecule is Cc1ccc(S(=O)(=O)N(C/C=C\c2ccccc2)c2ccccc2C#Cc2ccccc2)cc1. The largest absolute Gasteiger partial charge is 0.264 e. The topological polar surface area (TPSA) is 37.4 Å². The van der Waals surface area contributed by atoms with E-state index in [-0.39, 0.29) is 11.4 Å². The molecule has 34 heavy (non-hydrogen) atoms. The maximum atomic E-state index is 13.8. The molecule has 0 atom stereocenters. The minimum atomic E-state index is -3.82. The molecule has 0 aliphatic carbocycles. The third kappa shape index (κ3) is 5.64. The number of anilines is 1. The highest BCUT2D eigenvalue weighted by Crippen LogP contribution is 2.27. The van der Waals surface area contributed by atoms with Crippen molar-refractivity contribution in [3.05, 3.63) is 138 Å². The van der Waals surface area contributed by atoms with Crippen molar-refractivity contribution in [3.8, 4) is 11.8 Å². The summed E-state index contributed by atoms with van der Waals surface area (Å²) in [4.78, 5) is 0.247. The summed E-state index contributed by atoms with van der Waals surface area (Å²) in [6, 6.07) is 33.8. The van der Waals surface area contributed by atoms with E-state index in [2.05, 4.69) is 11.8 Å². The number of aryl methyl sites for hydroxylation is 1. The monoisotopic (exact) mass is 463 g/mol. The van der Waals surface area contributed by atoms with Crippen molar-refractivity contribution in [3.63, 3.8) is 0 Å². The molecule has 0 saturated heterocycles. The average molecular weight is 464 g/mol. The molecule has 0 aromatic heterocycles. The Morgan fingerprint density at radius 1 is 0.735 bits per heavy atom. The fraction of sp³-hybridized carbons (Fsp3) is 0.0667. The number of benzene rings is 4. The first-order chi connectivity index (χ1) is 16.5. The van der Waals surface area contributed by atoms with Gasteiger partial charge in [-0.1, -0.05) is 102 Å². The number of nitrogens with zero attached hydrogens (tertiary/aromatic N) is 1. The molecule has 0 aliphatic rings. The van der Waals surface area contributed by atoms with Crippen LogP contribution in [-0.2, 0) is 10.0 Å². The lowest BCUT2D eigenvalue weighted by atomic mass is 10.1. The van der Waals surface area contributed by atoms with Gasteiger partial charge in [-0.05, 0) is 48.9 Å². The summed E-state index contributed by atoms with van der Waals surface area (Å²) in [6.45, 7) is 2.11. The first kappa shape index (κ1) is 23.1. The van der Waals surface area contributed by atoms with Gasteiger partial charge in [0.1, 0.15) is 0 Å². The van der Waals surface area contributed by atoms with Crippen molar-refractivity contribution in [1.29, 1.82) is 0 Å². The van der Waals surface area contributed by atoms with Gasteiger partial charge >= 0.3 is 0 Å². The van der Waals surface area contributed by atoms with Gasteiger partial charge in [0.15, 0.2) is 0 Å². The van der Waals surface area contributed by atoms with Crippen LogP contribution in [0.1, 0.15) is 22.3 Å². The highest BCUT2D eigenvalue weighted by Gasteiger charge is 2.25. The van der Waals surface area contributed by atoms with E-state index in [1.807, 2.05) is 110 Å². The van der Waals surface area contributed by atoms with E-state index in [1.165, 1.54) is 4.31 Å². The number of para-hydroxylation sites is 1. The summed E-state index contributed by atoms with van der Waals surface area (Å²) < 4.78 is 28.9. The number of rotatable bonds is 6. The molecule has 4 rings (SSSR count). The fourth-order valence-corrected chi connectivity index (χ4v) is 4.90. The molecular weight excluding hydrogens is 438 g/mol. The highest BCUT2D eigenvalue weighted by molar-refractivity contribution is 7.92. The van der Waals surface area contributed by atoms with Gasteiger partial charge in [0.2, 0.25) is 0 Å². The Morgan fingerprint density at radius 2 is 1.35 bits per heavy atom. The average Bonchev–Trinajstić information content (AvgIpc) is 2.87. The Hall–Kier alpha value is -4.07. The Kier molecular flexibility index (Phi) is 7.27. The third-order valence-corrected chi connectivity index (χ3v) is 7.07. The van der Waals surface area contributed by atoms with Crippen molar-refractivity contribution in [2.75, 3.05) is 10.8 Å². The molecule has 0 bridgehead atoms. The van der Waals surface area contributed by atoms with Gasteiger partial charge in [-0.3, -0.25) is 4.31 Å². The van der Waals surface area contributed by atoms with Gasteiger partial charge in [-0.2, -0.15) is 0 Å². The van der Waals surface area contributed by atoms with Crippen LogP contribution in [0.25, 0.3) is 6.08 Å². The molecule has 0 amide bonds. The minimum Gasteiger partial charge on any atom is -0.261 e. The Labute approximate surface area is 202 Å². The second-order valence-electron chi connectivity index (χ2n) is 7.80. The maximum absolute atomic E-state index is 13.8. The van der Waals surface area contributed by atoms with E-state index in [9.17, 15) is 8.42 Å². The van der Waals surface area contributed by atoms with Crippen LogP contribution < -0.4 is 4.31 Å². The van der Waals surface area contributed by atoms with E-state index < -0.39 is 10.0 Å². The van der Waals surface area contributed by atoms with Crippen LogP contribution in [0.15, 0.2) is 120 Å². The summed E-state index contributed by atoms with van der Waals surface area (Å²) in [6.07, 6.45) is 3.79. The minimum absolute atomic E-state index is 0.176. The third-order valence-electron chi connectivity index (χ3n) is 5.28. The van der Waals surface area contributed by atoms with Crippen molar-refractivity contribution < 1.29 is 8.42 Å². The quantitative estimate of drug-likeness (QED) is 0.315. The van der Waals surface area contributed by atoms with Gasteiger partial charge in [0.05, 0.1) is 17.1 Å². The van der Waals surface area contributed by atoms with E-state index in [1.54, 1.807) is 18.2 Å². The molecule has 4 aromatic rings. The zero-order valence-electron chi connectivity index (χ0n) is 18.9. The van der Waals surface area contributed by atoms with E-state index >= 15 is 0 Å². The molecule has 0 aliphatic heterocycles. The van der Waals surface area contributed by atoms with Gasteiger partial charge in [0.25, 0.3) is 10.0 Å². The Balaban J connectivity index is 1.76.